The Hall–Kier alpha value is -1.86. The predicted molar refractivity (Wildman–Crippen MR) is 107 cm³/mol. The van der Waals surface area contributed by atoms with Crippen molar-refractivity contribution in [1.29, 1.82) is 0 Å². The first-order valence-electron chi connectivity index (χ1n) is 7.61. The quantitative estimate of drug-likeness (QED) is 0.393. The first kappa shape index (κ1) is 19.5. The zero-order chi connectivity index (χ0) is 18.4. The van der Waals surface area contributed by atoms with Gasteiger partial charge in [0.2, 0.25) is 0 Å². The second-order valence-corrected chi connectivity index (χ2v) is 7.10. The van der Waals surface area contributed by atoms with Crippen LogP contribution >= 0.6 is 34.2 Å². The number of carbonyl (C=O) groups excluding carboxylic acids is 2. The number of nitrogens with one attached hydrogen (secondary N) is 1. The second kappa shape index (κ2) is 9.01. The molecule has 0 unspecified atom stereocenters. The van der Waals surface area contributed by atoms with Crippen LogP contribution in [0.3, 0.4) is 0 Å². The van der Waals surface area contributed by atoms with E-state index in [2.05, 4.69) is 27.9 Å². The van der Waals surface area contributed by atoms with Gasteiger partial charge >= 0.3 is 5.97 Å². The van der Waals surface area contributed by atoms with Crippen LogP contribution in [-0.2, 0) is 9.53 Å². The molecule has 0 bridgehead atoms. The third-order valence-electron chi connectivity index (χ3n) is 3.11. The standard InChI is InChI=1S/C19H17ClINO3/c1-12(2)25-19(24)17(11-13-7-9-14(20)10-8-13)22-18(23)15-5-3-4-6-16(15)21/h3-12H,1-2H3,(H,22,23). The van der Waals surface area contributed by atoms with Gasteiger partial charge in [0.25, 0.3) is 5.91 Å². The maximum absolute atomic E-state index is 12.5. The molecule has 2 aromatic carbocycles. The van der Waals surface area contributed by atoms with E-state index in [9.17, 15) is 9.59 Å². The summed E-state index contributed by atoms with van der Waals surface area (Å²) in [6.07, 6.45) is 1.27. The summed E-state index contributed by atoms with van der Waals surface area (Å²) in [4.78, 5) is 24.9. The van der Waals surface area contributed by atoms with Crippen molar-refractivity contribution in [3.63, 3.8) is 0 Å². The van der Waals surface area contributed by atoms with Gasteiger partial charge in [-0.1, -0.05) is 35.9 Å². The normalized spacial score (nSPS) is 11.3. The van der Waals surface area contributed by atoms with Crippen molar-refractivity contribution in [3.05, 3.63) is 73.9 Å². The highest BCUT2D eigenvalue weighted by atomic mass is 127. The van der Waals surface area contributed by atoms with Gasteiger partial charge in [-0.3, -0.25) is 4.79 Å². The Morgan fingerprint density at radius 1 is 1.12 bits per heavy atom. The van der Waals surface area contributed by atoms with E-state index in [-0.39, 0.29) is 17.7 Å². The molecular weight excluding hydrogens is 453 g/mol. The van der Waals surface area contributed by atoms with E-state index < -0.39 is 5.97 Å². The number of hydrogen-bond donors (Lipinski definition) is 1. The van der Waals surface area contributed by atoms with E-state index >= 15 is 0 Å². The van der Waals surface area contributed by atoms with Crippen LogP contribution in [-0.4, -0.2) is 18.0 Å². The minimum absolute atomic E-state index is 0.0701. The molecule has 0 saturated heterocycles. The molecule has 0 atom stereocenters. The first-order chi connectivity index (χ1) is 11.9. The fraction of sp³-hybridized carbons (Fsp3) is 0.158. The van der Waals surface area contributed by atoms with Crippen molar-refractivity contribution in [2.24, 2.45) is 0 Å². The molecule has 6 heteroatoms. The Balaban J connectivity index is 2.31. The van der Waals surface area contributed by atoms with Gasteiger partial charge in [-0.05, 0) is 72.3 Å². The first-order valence-corrected chi connectivity index (χ1v) is 9.06. The van der Waals surface area contributed by atoms with Gasteiger partial charge in [0, 0.05) is 8.59 Å². The number of halogens is 2. The van der Waals surface area contributed by atoms with Crippen LogP contribution in [0.5, 0.6) is 0 Å². The Labute approximate surface area is 165 Å². The molecule has 2 aromatic rings. The van der Waals surface area contributed by atoms with Gasteiger partial charge in [0.15, 0.2) is 0 Å². The lowest BCUT2D eigenvalue weighted by atomic mass is 10.1. The largest absolute Gasteiger partial charge is 0.458 e. The summed E-state index contributed by atoms with van der Waals surface area (Å²) in [6, 6.07) is 14.1. The maximum Gasteiger partial charge on any atom is 0.355 e. The molecule has 4 nitrogen and oxygen atoms in total. The van der Waals surface area contributed by atoms with E-state index in [4.69, 9.17) is 16.3 Å². The van der Waals surface area contributed by atoms with Crippen molar-refractivity contribution in [3.8, 4) is 0 Å². The van der Waals surface area contributed by atoms with Gasteiger partial charge in [0.05, 0.1) is 11.7 Å². The number of ether oxygens (including phenoxy) is 1. The number of benzene rings is 2. The molecule has 130 valence electrons. The minimum Gasteiger partial charge on any atom is -0.458 e. The van der Waals surface area contributed by atoms with Crippen molar-refractivity contribution >= 4 is 52.1 Å². The third-order valence-corrected chi connectivity index (χ3v) is 4.30. The summed E-state index contributed by atoms with van der Waals surface area (Å²) in [6.45, 7) is 3.50. The Kier molecular flexibility index (Phi) is 7.01. The average molecular weight is 470 g/mol. The Morgan fingerprint density at radius 2 is 1.76 bits per heavy atom. The molecule has 1 amide bonds. The molecule has 0 aliphatic carbocycles. The van der Waals surface area contributed by atoms with Gasteiger partial charge in [-0.2, -0.15) is 0 Å². The van der Waals surface area contributed by atoms with Crippen LogP contribution < -0.4 is 5.32 Å². The van der Waals surface area contributed by atoms with Crippen molar-refractivity contribution in [2.75, 3.05) is 0 Å². The molecule has 25 heavy (non-hydrogen) atoms. The molecule has 1 N–H and O–H groups in total. The summed E-state index contributed by atoms with van der Waals surface area (Å²) in [7, 11) is 0. The highest BCUT2D eigenvalue weighted by Gasteiger charge is 2.18. The van der Waals surface area contributed by atoms with Crippen LogP contribution in [0.15, 0.2) is 54.2 Å². The van der Waals surface area contributed by atoms with Crippen LogP contribution in [0.1, 0.15) is 29.8 Å². The Bertz CT molecular complexity index is 801. The molecule has 0 radical (unpaired) electrons. The summed E-state index contributed by atoms with van der Waals surface area (Å²) >= 11 is 7.95. The molecule has 0 aliphatic heterocycles. The predicted octanol–water partition coefficient (Wildman–Crippen LogP) is 4.67. The van der Waals surface area contributed by atoms with E-state index in [0.717, 1.165) is 9.13 Å². The second-order valence-electron chi connectivity index (χ2n) is 5.50. The molecule has 2 rings (SSSR count). The number of carbonyl (C=O) groups is 2. The van der Waals surface area contributed by atoms with Crippen molar-refractivity contribution in [2.45, 2.75) is 20.0 Å². The number of hydrogen-bond acceptors (Lipinski definition) is 3. The van der Waals surface area contributed by atoms with Crippen LogP contribution in [0.2, 0.25) is 5.02 Å². The summed E-state index contributed by atoms with van der Waals surface area (Å²) in [5, 5.41) is 3.24. The van der Waals surface area contributed by atoms with Crippen molar-refractivity contribution in [1.82, 2.24) is 5.32 Å². The molecular formula is C19H17ClINO3. The monoisotopic (exact) mass is 469 g/mol. The number of amides is 1. The van der Waals surface area contributed by atoms with Crippen LogP contribution in [0, 0.1) is 3.57 Å². The zero-order valence-corrected chi connectivity index (χ0v) is 16.7. The van der Waals surface area contributed by atoms with Gasteiger partial charge in [0.1, 0.15) is 5.70 Å². The maximum atomic E-state index is 12.5. The molecule has 0 aliphatic rings. The smallest absolute Gasteiger partial charge is 0.355 e. The summed E-state index contributed by atoms with van der Waals surface area (Å²) in [5.74, 6) is -0.963. The van der Waals surface area contributed by atoms with Gasteiger partial charge < -0.3 is 10.1 Å². The van der Waals surface area contributed by atoms with Gasteiger partial charge in [-0.25, -0.2) is 4.79 Å². The lowest BCUT2D eigenvalue weighted by molar-refractivity contribution is -0.142. The van der Waals surface area contributed by atoms with Gasteiger partial charge in [-0.15, -0.1) is 0 Å². The lowest BCUT2D eigenvalue weighted by Gasteiger charge is -2.13. The number of rotatable bonds is 5. The highest BCUT2D eigenvalue weighted by Crippen LogP contribution is 2.15. The van der Waals surface area contributed by atoms with Crippen molar-refractivity contribution < 1.29 is 14.3 Å². The Morgan fingerprint density at radius 3 is 2.36 bits per heavy atom. The fourth-order valence-electron chi connectivity index (χ4n) is 1.98. The van der Waals surface area contributed by atoms with E-state index in [1.165, 1.54) is 0 Å². The minimum atomic E-state index is -0.593. The molecule has 0 fully saturated rings. The van der Waals surface area contributed by atoms with Crippen LogP contribution in [0.4, 0.5) is 0 Å². The fourth-order valence-corrected chi connectivity index (χ4v) is 2.74. The van der Waals surface area contributed by atoms with E-state index in [1.807, 2.05) is 12.1 Å². The SMILES string of the molecule is CC(C)OC(=O)C(=Cc1ccc(Cl)cc1)NC(=O)c1ccccc1I. The molecule has 0 heterocycles. The zero-order valence-electron chi connectivity index (χ0n) is 13.8. The lowest BCUT2D eigenvalue weighted by Crippen LogP contribution is -2.30. The van der Waals surface area contributed by atoms with E-state index in [1.54, 1.807) is 56.3 Å². The average Bonchev–Trinajstić information content (AvgIpc) is 2.56. The molecule has 0 saturated carbocycles. The summed E-state index contributed by atoms with van der Waals surface area (Å²) in [5.41, 5.74) is 1.28. The summed E-state index contributed by atoms with van der Waals surface area (Å²) < 4.78 is 6.02. The highest BCUT2D eigenvalue weighted by molar-refractivity contribution is 14.1. The third kappa shape index (κ3) is 5.86. The van der Waals surface area contributed by atoms with Crippen LogP contribution in [0.25, 0.3) is 6.08 Å². The number of esters is 1. The molecule has 0 aromatic heterocycles. The van der Waals surface area contributed by atoms with E-state index in [0.29, 0.717) is 10.6 Å². The topological polar surface area (TPSA) is 55.4 Å². The molecule has 0 spiro atoms.